The first-order valence-corrected chi connectivity index (χ1v) is 10.3. The zero-order valence-electron chi connectivity index (χ0n) is 11.4. The van der Waals surface area contributed by atoms with Gasteiger partial charge >= 0.3 is 0 Å². The number of rotatable bonds is 5. The summed E-state index contributed by atoms with van der Waals surface area (Å²) in [7, 11) is -8.84. The SMILES string of the molecule is O=S(=O)(O)c1cc(S(=O)(=O)c2ccc(Cl)c(SOO)c2)ccc1Cl. The Bertz CT molecular complexity index is 988. The van der Waals surface area contributed by atoms with Crippen molar-refractivity contribution in [2.45, 2.75) is 19.6 Å². The van der Waals surface area contributed by atoms with Crippen molar-refractivity contribution < 1.29 is 31.0 Å². The monoisotopic (exact) mass is 430 g/mol. The maximum atomic E-state index is 12.6. The second-order valence-electron chi connectivity index (χ2n) is 4.32. The second kappa shape index (κ2) is 7.18. The molecular formula is C12H8Cl2O7S3. The van der Waals surface area contributed by atoms with E-state index in [1.54, 1.807) is 0 Å². The zero-order chi connectivity index (χ0) is 18.1. The summed E-state index contributed by atoms with van der Waals surface area (Å²) in [5, 5.41) is 8.28. The largest absolute Gasteiger partial charge is 0.296 e. The van der Waals surface area contributed by atoms with E-state index in [0.717, 1.165) is 24.3 Å². The van der Waals surface area contributed by atoms with Gasteiger partial charge in [0.25, 0.3) is 10.1 Å². The lowest BCUT2D eigenvalue weighted by molar-refractivity contribution is -0.116. The molecule has 130 valence electrons. The molecule has 0 aliphatic heterocycles. The minimum atomic E-state index is -4.70. The van der Waals surface area contributed by atoms with Gasteiger partial charge in [0.1, 0.15) is 4.90 Å². The van der Waals surface area contributed by atoms with E-state index in [-0.39, 0.29) is 19.8 Å². The quantitative estimate of drug-likeness (QED) is 0.319. The highest BCUT2D eigenvalue weighted by atomic mass is 35.5. The Morgan fingerprint density at radius 2 is 1.46 bits per heavy atom. The molecule has 0 heterocycles. The third-order valence-electron chi connectivity index (χ3n) is 2.83. The van der Waals surface area contributed by atoms with E-state index in [2.05, 4.69) is 4.33 Å². The number of sulfone groups is 1. The summed E-state index contributed by atoms with van der Waals surface area (Å²) >= 11 is 11.9. The van der Waals surface area contributed by atoms with E-state index < -0.39 is 29.7 Å². The maximum Gasteiger partial charge on any atom is 0.296 e. The molecule has 7 nitrogen and oxygen atoms in total. The van der Waals surface area contributed by atoms with Crippen molar-refractivity contribution in [2.24, 2.45) is 0 Å². The fourth-order valence-electron chi connectivity index (χ4n) is 1.74. The minimum Gasteiger partial charge on any atom is -0.282 e. The van der Waals surface area contributed by atoms with Gasteiger partial charge in [0, 0.05) is 0 Å². The van der Waals surface area contributed by atoms with E-state index in [4.69, 9.17) is 33.0 Å². The highest BCUT2D eigenvalue weighted by Crippen LogP contribution is 2.33. The molecule has 0 aliphatic carbocycles. The summed E-state index contributed by atoms with van der Waals surface area (Å²) in [4.78, 5) is -1.23. The van der Waals surface area contributed by atoms with Gasteiger partial charge in [0.2, 0.25) is 9.84 Å². The second-order valence-corrected chi connectivity index (χ2v) is 9.23. The van der Waals surface area contributed by atoms with Crippen LogP contribution in [0.1, 0.15) is 0 Å². The van der Waals surface area contributed by atoms with Gasteiger partial charge in [-0.1, -0.05) is 23.2 Å². The minimum absolute atomic E-state index is 0.129. The lowest BCUT2D eigenvalue weighted by Gasteiger charge is -2.09. The number of hydrogen-bond acceptors (Lipinski definition) is 7. The molecule has 0 radical (unpaired) electrons. The summed E-state index contributed by atoms with van der Waals surface area (Å²) in [6.45, 7) is 0. The molecule has 0 bridgehead atoms. The van der Waals surface area contributed by atoms with Gasteiger partial charge in [0.05, 0.1) is 36.8 Å². The summed E-state index contributed by atoms with van der Waals surface area (Å²) in [6.07, 6.45) is 0. The summed E-state index contributed by atoms with van der Waals surface area (Å²) < 4.78 is 60.7. The van der Waals surface area contributed by atoms with Gasteiger partial charge < -0.3 is 0 Å². The van der Waals surface area contributed by atoms with Crippen LogP contribution in [0.3, 0.4) is 0 Å². The van der Waals surface area contributed by atoms with Gasteiger partial charge in [-0.15, -0.1) is 0 Å². The molecule has 0 amide bonds. The van der Waals surface area contributed by atoms with Crippen LogP contribution in [0.2, 0.25) is 10.0 Å². The molecule has 0 saturated heterocycles. The zero-order valence-corrected chi connectivity index (χ0v) is 15.3. The molecule has 2 N–H and O–H groups in total. The van der Waals surface area contributed by atoms with Crippen molar-refractivity contribution in [1.82, 2.24) is 0 Å². The van der Waals surface area contributed by atoms with E-state index in [1.807, 2.05) is 0 Å². The van der Waals surface area contributed by atoms with Crippen LogP contribution < -0.4 is 0 Å². The first-order chi connectivity index (χ1) is 11.1. The van der Waals surface area contributed by atoms with E-state index in [1.165, 1.54) is 12.1 Å². The smallest absolute Gasteiger partial charge is 0.282 e. The van der Waals surface area contributed by atoms with E-state index in [0.29, 0.717) is 12.0 Å². The van der Waals surface area contributed by atoms with Gasteiger partial charge in [-0.25, -0.2) is 13.7 Å². The van der Waals surface area contributed by atoms with Crippen molar-refractivity contribution >= 4 is 55.2 Å². The average molecular weight is 431 g/mol. The van der Waals surface area contributed by atoms with Crippen molar-refractivity contribution in [3.63, 3.8) is 0 Å². The van der Waals surface area contributed by atoms with Gasteiger partial charge in [-0.2, -0.15) is 12.8 Å². The predicted octanol–water partition coefficient (Wildman–Crippen LogP) is 3.57. The van der Waals surface area contributed by atoms with Gasteiger partial charge in [0.15, 0.2) is 0 Å². The summed E-state index contributed by atoms with van der Waals surface area (Å²) in [5.74, 6) is 0. The van der Waals surface area contributed by atoms with E-state index >= 15 is 0 Å². The Hall–Kier alpha value is -0.850. The van der Waals surface area contributed by atoms with Gasteiger partial charge in [-0.3, -0.25) is 4.55 Å². The molecule has 0 saturated carbocycles. The van der Waals surface area contributed by atoms with Crippen molar-refractivity contribution in [3.05, 3.63) is 46.4 Å². The molecule has 2 aromatic carbocycles. The highest BCUT2D eigenvalue weighted by molar-refractivity contribution is 7.94. The van der Waals surface area contributed by atoms with Crippen LogP contribution in [0.5, 0.6) is 0 Å². The molecular weight excluding hydrogens is 423 g/mol. The third kappa shape index (κ3) is 4.03. The van der Waals surface area contributed by atoms with Crippen LogP contribution in [0, 0.1) is 0 Å². The Balaban J connectivity index is 2.62. The van der Waals surface area contributed by atoms with Crippen LogP contribution in [-0.2, 0) is 24.3 Å². The Labute approximate surface area is 152 Å². The number of hydrogen-bond donors (Lipinski definition) is 2. The van der Waals surface area contributed by atoms with Crippen molar-refractivity contribution in [1.29, 1.82) is 0 Å². The molecule has 0 aromatic heterocycles. The molecule has 0 fully saturated rings. The molecule has 24 heavy (non-hydrogen) atoms. The van der Waals surface area contributed by atoms with Crippen LogP contribution in [0.4, 0.5) is 0 Å². The Morgan fingerprint density at radius 1 is 0.917 bits per heavy atom. The molecule has 0 unspecified atom stereocenters. The molecule has 2 aromatic rings. The molecule has 2 rings (SSSR count). The molecule has 0 spiro atoms. The van der Waals surface area contributed by atoms with Crippen LogP contribution in [0.25, 0.3) is 0 Å². The van der Waals surface area contributed by atoms with E-state index in [9.17, 15) is 16.8 Å². The number of halogens is 2. The first-order valence-electron chi connectivity index (χ1n) is 5.87. The Kier molecular flexibility index (Phi) is 5.83. The average Bonchev–Trinajstić information content (AvgIpc) is 2.48. The summed E-state index contributed by atoms with van der Waals surface area (Å²) in [6, 6.07) is 6.49. The Morgan fingerprint density at radius 3 is 2.00 bits per heavy atom. The standard InChI is InChI=1S/C12H8Cl2O7S3/c13-9-3-1-7(5-11(9)22-21-15)23(16,17)8-2-4-10(14)12(6-8)24(18,19)20/h1-6,15H,(H,18,19,20). The molecule has 12 heteroatoms. The van der Waals surface area contributed by atoms with Crippen LogP contribution >= 0.6 is 35.2 Å². The number of benzene rings is 2. The van der Waals surface area contributed by atoms with Crippen molar-refractivity contribution in [3.8, 4) is 0 Å². The normalized spacial score (nSPS) is 12.3. The first kappa shape index (κ1) is 19.5. The topological polar surface area (TPSA) is 118 Å². The predicted molar refractivity (Wildman–Crippen MR) is 87.7 cm³/mol. The van der Waals surface area contributed by atoms with Gasteiger partial charge in [-0.05, 0) is 36.4 Å². The highest BCUT2D eigenvalue weighted by Gasteiger charge is 2.23. The fourth-order valence-corrected chi connectivity index (χ4v) is 4.82. The molecule has 0 atom stereocenters. The lowest BCUT2D eigenvalue weighted by atomic mass is 10.3. The lowest BCUT2D eigenvalue weighted by Crippen LogP contribution is -2.06. The van der Waals surface area contributed by atoms with Crippen LogP contribution in [0.15, 0.2) is 56.0 Å². The third-order valence-corrected chi connectivity index (χ3v) is 6.95. The summed E-state index contributed by atoms with van der Waals surface area (Å²) in [5.41, 5.74) is 0. The maximum absolute atomic E-state index is 12.6. The fraction of sp³-hybridized carbons (Fsp3) is 0. The molecule has 0 aliphatic rings. The van der Waals surface area contributed by atoms with Crippen molar-refractivity contribution in [2.75, 3.05) is 0 Å². The van der Waals surface area contributed by atoms with Crippen LogP contribution in [-0.4, -0.2) is 26.6 Å².